The van der Waals surface area contributed by atoms with Crippen molar-refractivity contribution in [2.75, 3.05) is 0 Å². The molecule has 1 unspecified atom stereocenters. The van der Waals surface area contributed by atoms with E-state index in [-0.39, 0.29) is 0 Å². The molecule has 3 aromatic rings. The minimum absolute atomic E-state index is 0.323. The zero-order chi connectivity index (χ0) is 14.5. The van der Waals surface area contributed by atoms with Gasteiger partial charge in [-0.2, -0.15) is 0 Å². The number of pyridine rings is 1. The Balaban J connectivity index is 1.71. The maximum atomic E-state index is 4.18. The highest BCUT2D eigenvalue weighted by molar-refractivity contribution is 5.32. The van der Waals surface area contributed by atoms with E-state index in [9.17, 15) is 0 Å². The number of nitrogens with one attached hydrogen (secondary N) is 1. The first-order chi connectivity index (χ1) is 10.3. The van der Waals surface area contributed by atoms with E-state index >= 15 is 0 Å². The van der Waals surface area contributed by atoms with Gasteiger partial charge in [-0.05, 0) is 36.8 Å². The van der Waals surface area contributed by atoms with Crippen LogP contribution in [0.1, 0.15) is 24.2 Å². The Hall–Kier alpha value is -2.39. The fourth-order valence-electron chi connectivity index (χ4n) is 2.43. The Bertz CT molecular complexity index is 674. The molecule has 0 bridgehead atoms. The highest BCUT2D eigenvalue weighted by atomic mass is 15.0. The lowest BCUT2D eigenvalue weighted by Crippen LogP contribution is -2.19. The van der Waals surface area contributed by atoms with E-state index in [0.717, 1.165) is 12.2 Å². The van der Waals surface area contributed by atoms with Crippen LogP contribution in [0.2, 0.25) is 0 Å². The Morgan fingerprint density at radius 3 is 2.67 bits per heavy atom. The lowest BCUT2D eigenvalue weighted by molar-refractivity contribution is 0.563. The second-order valence-corrected chi connectivity index (χ2v) is 5.09. The summed E-state index contributed by atoms with van der Waals surface area (Å²) in [5.74, 6) is 0. The predicted octanol–water partition coefficient (Wildman–Crippen LogP) is 3.72. The Kier molecular flexibility index (Phi) is 4.12. The summed E-state index contributed by atoms with van der Waals surface area (Å²) in [6.45, 7) is 3.00. The van der Waals surface area contributed by atoms with Crippen LogP contribution in [-0.4, -0.2) is 9.55 Å². The molecule has 0 saturated carbocycles. The van der Waals surface area contributed by atoms with Crippen molar-refractivity contribution in [3.63, 3.8) is 0 Å². The molecule has 1 aromatic carbocycles. The monoisotopic (exact) mass is 277 g/mol. The Morgan fingerprint density at radius 1 is 1.05 bits per heavy atom. The summed E-state index contributed by atoms with van der Waals surface area (Å²) >= 11 is 0. The molecule has 0 aliphatic carbocycles. The first kappa shape index (κ1) is 13.6. The number of nitrogens with zero attached hydrogens (tertiary/aromatic N) is 2. The SMILES string of the molecule is CC(NCc1cccn1-c1cccnc1)c1ccccc1. The van der Waals surface area contributed by atoms with Gasteiger partial charge < -0.3 is 9.88 Å². The first-order valence-corrected chi connectivity index (χ1v) is 7.19. The summed E-state index contributed by atoms with van der Waals surface area (Å²) in [4.78, 5) is 4.18. The minimum atomic E-state index is 0.323. The molecule has 1 N–H and O–H groups in total. The zero-order valence-electron chi connectivity index (χ0n) is 12.1. The molecule has 0 radical (unpaired) electrons. The fraction of sp³-hybridized carbons (Fsp3) is 0.167. The summed E-state index contributed by atoms with van der Waals surface area (Å²) in [7, 11) is 0. The maximum absolute atomic E-state index is 4.18. The molecule has 0 aliphatic heterocycles. The molecular formula is C18H19N3. The van der Waals surface area contributed by atoms with Crippen LogP contribution in [0.5, 0.6) is 0 Å². The van der Waals surface area contributed by atoms with Gasteiger partial charge in [-0.25, -0.2) is 0 Å². The number of rotatable bonds is 5. The normalized spacial score (nSPS) is 12.2. The van der Waals surface area contributed by atoms with Gasteiger partial charge in [0.1, 0.15) is 0 Å². The average molecular weight is 277 g/mol. The summed E-state index contributed by atoms with van der Waals surface area (Å²) in [5.41, 5.74) is 3.62. The molecular weight excluding hydrogens is 258 g/mol. The molecule has 0 amide bonds. The number of hydrogen-bond acceptors (Lipinski definition) is 2. The molecule has 0 spiro atoms. The average Bonchev–Trinajstić information content (AvgIpc) is 3.03. The molecule has 0 fully saturated rings. The van der Waals surface area contributed by atoms with Crippen molar-refractivity contribution in [1.82, 2.24) is 14.9 Å². The molecule has 106 valence electrons. The maximum Gasteiger partial charge on any atom is 0.0636 e. The topological polar surface area (TPSA) is 29.9 Å². The summed E-state index contributed by atoms with van der Waals surface area (Å²) in [5, 5.41) is 3.57. The van der Waals surface area contributed by atoms with E-state index in [0.29, 0.717) is 6.04 Å². The van der Waals surface area contributed by atoms with Gasteiger partial charge in [0.2, 0.25) is 0 Å². The number of benzene rings is 1. The van der Waals surface area contributed by atoms with Gasteiger partial charge in [0.05, 0.1) is 11.9 Å². The summed E-state index contributed by atoms with van der Waals surface area (Å²) in [6.07, 6.45) is 5.74. The van der Waals surface area contributed by atoms with Gasteiger partial charge in [-0.1, -0.05) is 30.3 Å². The lowest BCUT2D eigenvalue weighted by atomic mass is 10.1. The second-order valence-electron chi connectivity index (χ2n) is 5.09. The van der Waals surface area contributed by atoms with Crippen molar-refractivity contribution in [2.24, 2.45) is 0 Å². The van der Waals surface area contributed by atoms with Crippen LogP contribution in [0.25, 0.3) is 5.69 Å². The molecule has 1 atom stereocenters. The first-order valence-electron chi connectivity index (χ1n) is 7.19. The van der Waals surface area contributed by atoms with E-state index in [1.54, 1.807) is 6.20 Å². The Labute approximate surface area is 125 Å². The van der Waals surface area contributed by atoms with Gasteiger partial charge in [0.15, 0.2) is 0 Å². The van der Waals surface area contributed by atoms with Crippen LogP contribution in [0, 0.1) is 0 Å². The van der Waals surface area contributed by atoms with Crippen molar-refractivity contribution in [2.45, 2.75) is 19.5 Å². The van der Waals surface area contributed by atoms with Gasteiger partial charge in [0.25, 0.3) is 0 Å². The van der Waals surface area contributed by atoms with Gasteiger partial charge in [-0.15, -0.1) is 0 Å². The van der Waals surface area contributed by atoms with Crippen LogP contribution in [-0.2, 0) is 6.54 Å². The highest BCUT2D eigenvalue weighted by Gasteiger charge is 2.07. The van der Waals surface area contributed by atoms with Crippen molar-refractivity contribution >= 4 is 0 Å². The predicted molar refractivity (Wildman–Crippen MR) is 85.3 cm³/mol. The van der Waals surface area contributed by atoms with Crippen LogP contribution in [0.15, 0.2) is 73.2 Å². The minimum Gasteiger partial charge on any atom is -0.318 e. The fourth-order valence-corrected chi connectivity index (χ4v) is 2.43. The Morgan fingerprint density at radius 2 is 1.90 bits per heavy atom. The van der Waals surface area contributed by atoms with E-state index in [4.69, 9.17) is 0 Å². The quantitative estimate of drug-likeness (QED) is 0.770. The van der Waals surface area contributed by atoms with Crippen LogP contribution in [0.3, 0.4) is 0 Å². The van der Waals surface area contributed by atoms with E-state index < -0.39 is 0 Å². The highest BCUT2D eigenvalue weighted by Crippen LogP contribution is 2.15. The van der Waals surface area contributed by atoms with Gasteiger partial charge in [0, 0.05) is 30.7 Å². The third-order valence-electron chi connectivity index (χ3n) is 3.65. The van der Waals surface area contributed by atoms with Crippen molar-refractivity contribution in [3.05, 3.63) is 84.4 Å². The number of hydrogen-bond donors (Lipinski definition) is 1. The van der Waals surface area contributed by atoms with E-state index in [1.165, 1.54) is 11.3 Å². The lowest BCUT2D eigenvalue weighted by Gasteiger charge is -2.15. The van der Waals surface area contributed by atoms with Gasteiger partial charge in [-0.3, -0.25) is 4.98 Å². The summed E-state index contributed by atoms with van der Waals surface area (Å²) in [6, 6.07) is 19.0. The largest absolute Gasteiger partial charge is 0.318 e. The molecule has 3 nitrogen and oxygen atoms in total. The third-order valence-corrected chi connectivity index (χ3v) is 3.65. The van der Waals surface area contributed by atoms with Gasteiger partial charge >= 0.3 is 0 Å². The molecule has 3 rings (SSSR count). The van der Waals surface area contributed by atoms with Crippen molar-refractivity contribution in [3.8, 4) is 5.69 Å². The standard InChI is InChI=1S/C18H19N3/c1-15(16-7-3-2-4-8-16)20-14-18-10-6-12-21(18)17-9-5-11-19-13-17/h2-13,15,20H,14H2,1H3. The van der Waals surface area contributed by atoms with E-state index in [1.807, 2.05) is 18.3 Å². The third kappa shape index (κ3) is 3.20. The van der Waals surface area contributed by atoms with Crippen molar-refractivity contribution in [1.29, 1.82) is 0 Å². The molecule has 0 saturated heterocycles. The number of aromatic nitrogens is 2. The van der Waals surface area contributed by atoms with Crippen molar-refractivity contribution < 1.29 is 0 Å². The molecule has 0 aliphatic rings. The van der Waals surface area contributed by atoms with E-state index in [2.05, 4.69) is 70.5 Å². The van der Waals surface area contributed by atoms with Crippen LogP contribution < -0.4 is 5.32 Å². The van der Waals surface area contributed by atoms with Crippen LogP contribution >= 0.6 is 0 Å². The van der Waals surface area contributed by atoms with Crippen LogP contribution in [0.4, 0.5) is 0 Å². The molecule has 2 heterocycles. The molecule has 3 heteroatoms. The molecule has 2 aromatic heterocycles. The second kappa shape index (κ2) is 6.37. The summed E-state index contributed by atoms with van der Waals surface area (Å²) < 4.78 is 2.16. The zero-order valence-corrected chi connectivity index (χ0v) is 12.1. The smallest absolute Gasteiger partial charge is 0.0636 e. The molecule has 21 heavy (non-hydrogen) atoms.